The van der Waals surface area contributed by atoms with Crippen molar-refractivity contribution in [3.63, 3.8) is 0 Å². The van der Waals surface area contributed by atoms with Crippen molar-refractivity contribution in [1.82, 2.24) is 9.47 Å². The van der Waals surface area contributed by atoms with Crippen molar-refractivity contribution in [2.75, 3.05) is 7.05 Å². The highest BCUT2D eigenvalue weighted by Gasteiger charge is 2.39. The molecule has 1 atom stereocenters. The molecule has 4 rings (SSSR count). The van der Waals surface area contributed by atoms with Crippen molar-refractivity contribution in [2.45, 2.75) is 5.25 Å². The Kier molecular flexibility index (Phi) is 3.69. The number of carbonyl (C=O) groups excluding carboxylic acids is 3. The molecule has 0 aliphatic carbocycles. The second kappa shape index (κ2) is 5.89. The van der Waals surface area contributed by atoms with Crippen LogP contribution in [0.4, 0.5) is 4.79 Å². The van der Waals surface area contributed by atoms with Crippen LogP contribution in [0, 0.1) is 0 Å². The van der Waals surface area contributed by atoms with Gasteiger partial charge in [0.05, 0.1) is 5.52 Å². The maximum Gasteiger partial charge on any atom is 0.289 e. The van der Waals surface area contributed by atoms with Crippen LogP contribution in [0.3, 0.4) is 0 Å². The third-order valence-corrected chi connectivity index (χ3v) is 5.50. The van der Waals surface area contributed by atoms with Crippen LogP contribution in [0.1, 0.15) is 21.2 Å². The highest BCUT2D eigenvalue weighted by atomic mass is 32.2. The zero-order valence-corrected chi connectivity index (χ0v) is 14.2. The minimum Gasteiger partial charge on any atom is -0.283 e. The van der Waals surface area contributed by atoms with Gasteiger partial charge in [-0.2, -0.15) is 0 Å². The number of amides is 2. The summed E-state index contributed by atoms with van der Waals surface area (Å²) in [5.74, 6) is -0.365. The maximum absolute atomic E-state index is 12.8. The topological polar surface area (TPSA) is 59.4 Å². The Morgan fingerprint density at radius 1 is 1.00 bits per heavy atom. The molecule has 2 heterocycles. The fourth-order valence-electron chi connectivity index (χ4n) is 3.01. The first-order chi connectivity index (χ1) is 12.1. The third kappa shape index (κ3) is 2.46. The van der Waals surface area contributed by atoms with E-state index in [0.717, 1.165) is 33.1 Å². The molecule has 0 radical (unpaired) electrons. The summed E-state index contributed by atoms with van der Waals surface area (Å²) in [5, 5.41) is -0.0172. The number of thioether (sulfide) groups is 1. The molecular formula is C19H14N2O3S. The summed E-state index contributed by atoms with van der Waals surface area (Å²) in [6.45, 7) is 0. The van der Waals surface area contributed by atoms with Gasteiger partial charge in [-0.15, -0.1) is 0 Å². The Balaban J connectivity index is 1.81. The average Bonchev–Trinajstić information content (AvgIpc) is 3.18. The van der Waals surface area contributed by atoms with Gasteiger partial charge in [0.2, 0.25) is 5.91 Å². The summed E-state index contributed by atoms with van der Waals surface area (Å²) in [6.07, 6.45) is 1.71. The van der Waals surface area contributed by atoms with Gasteiger partial charge in [0.15, 0.2) is 0 Å². The molecule has 25 heavy (non-hydrogen) atoms. The van der Waals surface area contributed by atoms with E-state index in [-0.39, 0.29) is 17.1 Å². The first-order valence-electron chi connectivity index (χ1n) is 7.76. The number of fused-ring (bicyclic) bond motifs is 1. The van der Waals surface area contributed by atoms with Crippen molar-refractivity contribution in [3.05, 3.63) is 71.9 Å². The minimum absolute atomic E-state index is 0.133. The van der Waals surface area contributed by atoms with E-state index in [2.05, 4.69) is 0 Å². The van der Waals surface area contributed by atoms with Gasteiger partial charge in [-0.25, -0.2) is 0 Å². The number of aromatic nitrogens is 1. The van der Waals surface area contributed by atoms with E-state index in [9.17, 15) is 14.4 Å². The van der Waals surface area contributed by atoms with E-state index >= 15 is 0 Å². The van der Waals surface area contributed by atoms with Crippen LogP contribution in [0.15, 0.2) is 60.8 Å². The molecule has 2 aromatic carbocycles. The quantitative estimate of drug-likeness (QED) is 0.707. The van der Waals surface area contributed by atoms with Gasteiger partial charge in [-0.1, -0.05) is 30.3 Å². The summed E-state index contributed by atoms with van der Waals surface area (Å²) in [5.41, 5.74) is 2.07. The highest BCUT2D eigenvalue weighted by Crippen LogP contribution is 2.41. The van der Waals surface area contributed by atoms with Crippen molar-refractivity contribution in [2.24, 2.45) is 0 Å². The van der Waals surface area contributed by atoms with Gasteiger partial charge in [-0.05, 0) is 41.6 Å². The normalized spacial score (nSPS) is 17.5. The monoisotopic (exact) mass is 350 g/mol. The largest absolute Gasteiger partial charge is 0.289 e. The maximum atomic E-state index is 12.8. The molecule has 0 saturated carbocycles. The minimum atomic E-state index is -0.566. The second-order valence-electron chi connectivity index (χ2n) is 5.80. The molecule has 3 aromatic rings. The van der Waals surface area contributed by atoms with Crippen molar-refractivity contribution >= 4 is 39.7 Å². The second-order valence-corrected chi connectivity index (χ2v) is 6.85. The lowest BCUT2D eigenvalue weighted by Crippen LogP contribution is -2.24. The Morgan fingerprint density at radius 3 is 2.44 bits per heavy atom. The summed E-state index contributed by atoms with van der Waals surface area (Å²) < 4.78 is 1.57. The number of nitrogens with zero attached hydrogens (tertiary/aromatic N) is 2. The zero-order valence-electron chi connectivity index (χ0n) is 13.4. The Labute approximate surface area is 148 Å². The first kappa shape index (κ1) is 15.7. The molecule has 1 unspecified atom stereocenters. The van der Waals surface area contributed by atoms with E-state index in [1.54, 1.807) is 22.9 Å². The van der Waals surface area contributed by atoms with Crippen molar-refractivity contribution < 1.29 is 14.4 Å². The van der Waals surface area contributed by atoms with Crippen molar-refractivity contribution in [1.29, 1.82) is 0 Å². The predicted octanol–water partition coefficient (Wildman–Crippen LogP) is 3.70. The smallest absolute Gasteiger partial charge is 0.283 e. The predicted molar refractivity (Wildman–Crippen MR) is 96.6 cm³/mol. The van der Waals surface area contributed by atoms with Crippen LogP contribution < -0.4 is 0 Å². The van der Waals surface area contributed by atoms with Crippen LogP contribution >= 0.6 is 11.8 Å². The van der Waals surface area contributed by atoms with Crippen LogP contribution in [0.5, 0.6) is 0 Å². The number of rotatable bonds is 2. The summed E-state index contributed by atoms with van der Waals surface area (Å²) in [7, 11) is 1.49. The summed E-state index contributed by atoms with van der Waals surface area (Å²) in [6, 6.07) is 16.3. The fourth-order valence-corrected chi connectivity index (χ4v) is 4.05. The average molecular weight is 350 g/mol. The van der Waals surface area contributed by atoms with Crippen LogP contribution in [0.2, 0.25) is 0 Å². The van der Waals surface area contributed by atoms with Gasteiger partial charge < -0.3 is 0 Å². The number of hydrogen-bond acceptors (Lipinski definition) is 4. The van der Waals surface area contributed by atoms with Gasteiger partial charge in [0.25, 0.3) is 11.1 Å². The van der Waals surface area contributed by atoms with Crippen LogP contribution in [-0.4, -0.2) is 33.6 Å². The van der Waals surface area contributed by atoms with Crippen LogP contribution in [-0.2, 0) is 4.79 Å². The summed E-state index contributed by atoms with van der Waals surface area (Å²) >= 11 is 1.01. The van der Waals surface area contributed by atoms with Gasteiger partial charge in [-0.3, -0.25) is 23.9 Å². The molecule has 0 bridgehead atoms. The molecule has 5 nitrogen and oxygen atoms in total. The lowest BCUT2D eigenvalue weighted by Gasteiger charge is -2.10. The Bertz CT molecular complexity index is 1010. The molecule has 6 heteroatoms. The van der Waals surface area contributed by atoms with Crippen molar-refractivity contribution in [3.8, 4) is 0 Å². The number of carbonyl (C=O) groups is 3. The lowest BCUT2D eigenvalue weighted by atomic mass is 10.1. The molecule has 1 aliphatic heterocycles. The number of benzene rings is 2. The molecule has 1 aromatic heterocycles. The SMILES string of the molecule is CN1C(=O)SC(c2cccc3c2ccn3C(=O)c2ccccc2)C1=O. The fraction of sp³-hybridized carbons (Fsp3) is 0.105. The Hall–Kier alpha value is -2.86. The van der Waals surface area contributed by atoms with E-state index in [1.165, 1.54) is 7.05 Å². The molecular weight excluding hydrogens is 336 g/mol. The highest BCUT2D eigenvalue weighted by molar-refractivity contribution is 8.15. The molecule has 0 N–H and O–H groups in total. The van der Waals surface area contributed by atoms with E-state index in [1.807, 2.05) is 42.5 Å². The number of hydrogen-bond donors (Lipinski definition) is 0. The number of imide groups is 1. The van der Waals surface area contributed by atoms with E-state index in [0.29, 0.717) is 5.56 Å². The molecule has 1 fully saturated rings. The first-order valence-corrected chi connectivity index (χ1v) is 8.64. The molecule has 124 valence electrons. The van der Waals surface area contributed by atoms with Crippen LogP contribution in [0.25, 0.3) is 10.9 Å². The Morgan fingerprint density at radius 2 is 1.76 bits per heavy atom. The number of likely N-dealkylation sites (N-methyl/N-ethyl adjacent to an activating group) is 1. The van der Waals surface area contributed by atoms with E-state index in [4.69, 9.17) is 0 Å². The molecule has 2 amide bonds. The standard InChI is InChI=1S/C19H14N2O3S/c1-20-18(23)16(25-19(20)24)14-8-5-9-15-13(14)10-11-21(15)17(22)12-6-3-2-4-7-12/h2-11,16H,1H3. The van der Waals surface area contributed by atoms with Gasteiger partial charge in [0, 0.05) is 24.2 Å². The lowest BCUT2D eigenvalue weighted by molar-refractivity contribution is -0.125. The molecule has 0 spiro atoms. The third-order valence-electron chi connectivity index (χ3n) is 4.34. The zero-order chi connectivity index (χ0) is 17.6. The molecule has 1 saturated heterocycles. The van der Waals surface area contributed by atoms with E-state index < -0.39 is 5.25 Å². The van der Waals surface area contributed by atoms with Gasteiger partial charge in [0.1, 0.15) is 5.25 Å². The molecule has 1 aliphatic rings. The van der Waals surface area contributed by atoms with Gasteiger partial charge >= 0.3 is 0 Å². The summed E-state index contributed by atoms with van der Waals surface area (Å²) in [4.78, 5) is 38.0.